The van der Waals surface area contributed by atoms with Crippen LogP contribution in [0, 0.1) is 0 Å². The van der Waals surface area contributed by atoms with Crippen LogP contribution in [0.5, 0.6) is 0 Å². The maximum absolute atomic E-state index is 5.81. The Bertz CT molecular complexity index is 95.2. The summed E-state index contributed by atoms with van der Waals surface area (Å²) in [6.07, 6.45) is 0. The zero-order chi connectivity index (χ0) is 10.2. The molecule has 0 bridgehead atoms. The van der Waals surface area contributed by atoms with Crippen molar-refractivity contribution in [2.75, 3.05) is 23.9 Å². The van der Waals surface area contributed by atoms with E-state index in [1.807, 2.05) is 13.8 Å². The van der Waals surface area contributed by atoms with Gasteiger partial charge in [0.1, 0.15) is 0 Å². The third kappa shape index (κ3) is 5.52. The second-order valence-electron chi connectivity index (χ2n) is 2.65. The Hall–Kier alpha value is 1.10. The first-order valence-electron chi connectivity index (χ1n) is 4.64. The molecule has 5 heteroatoms. The molecule has 0 rings (SSSR count). The third-order valence-electron chi connectivity index (χ3n) is 1.77. The van der Waals surface area contributed by atoms with Crippen molar-refractivity contribution in [2.45, 2.75) is 25.9 Å². The fourth-order valence-electron chi connectivity index (χ4n) is 1.27. The second-order valence-corrected chi connectivity index (χ2v) is 7.64. The first kappa shape index (κ1) is 14.1. The van der Waals surface area contributed by atoms with E-state index in [9.17, 15) is 0 Å². The average molecular weight is 334 g/mol. The normalized spacial score (nSPS) is 12.0. The number of halogens is 2. The summed E-state index contributed by atoms with van der Waals surface area (Å²) in [5, 5.41) is 1.93. The van der Waals surface area contributed by atoms with E-state index in [-0.39, 0.29) is 0 Å². The molecule has 0 amide bonds. The predicted octanol–water partition coefficient (Wildman–Crippen LogP) is 3.29. The molecule has 2 nitrogen and oxygen atoms in total. The molecule has 0 aromatic rings. The summed E-state index contributed by atoms with van der Waals surface area (Å²) in [6, 6.07) is 2.06. The SMILES string of the molecule is CCO[Si](CCBr)(CCBr)OCC. The van der Waals surface area contributed by atoms with Crippen molar-refractivity contribution >= 4 is 40.4 Å². The van der Waals surface area contributed by atoms with E-state index in [1.54, 1.807) is 0 Å². The van der Waals surface area contributed by atoms with Crippen LogP contribution in [0.15, 0.2) is 0 Å². The fraction of sp³-hybridized carbons (Fsp3) is 1.00. The van der Waals surface area contributed by atoms with E-state index >= 15 is 0 Å². The van der Waals surface area contributed by atoms with Gasteiger partial charge in [0.2, 0.25) is 0 Å². The van der Waals surface area contributed by atoms with Crippen LogP contribution in [0.4, 0.5) is 0 Å². The molecule has 0 aliphatic rings. The first-order chi connectivity index (χ1) is 6.24. The highest BCUT2D eigenvalue weighted by Gasteiger charge is 2.35. The van der Waals surface area contributed by atoms with Crippen LogP contribution in [0.1, 0.15) is 13.8 Å². The maximum atomic E-state index is 5.81. The minimum Gasteiger partial charge on any atom is -0.394 e. The summed E-state index contributed by atoms with van der Waals surface area (Å²) in [5.74, 6) is 0. The highest BCUT2D eigenvalue weighted by Crippen LogP contribution is 2.21. The van der Waals surface area contributed by atoms with Crippen LogP contribution in [0.2, 0.25) is 12.1 Å². The molecule has 0 fully saturated rings. The summed E-state index contributed by atoms with van der Waals surface area (Å²) < 4.78 is 11.6. The lowest BCUT2D eigenvalue weighted by molar-refractivity contribution is 0.185. The van der Waals surface area contributed by atoms with E-state index in [4.69, 9.17) is 8.85 Å². The second kappa shape index (κ2) is 8.41. The Kier molecular flexibility index (Phi) is 9.12. The lowest BCUT2D eigenvalue weighted by Gasteiger charge is -2.28. The summed E-state index contributed by atoms with van der Waals surface area (Å²) in [6.45, 7) is 5.57. The number of alkyl halides is 2. The largest absolute Gasteiger partial charge is 0.394 e. The van der Waals surface area contributed by atoms with Crippen molar-refractivity contribution < 1.29 is 8.85 Å². The monoisotopic (exact) mass is 332 g/mol. The Labute approximate surface area is 98.9 Å². The van der Waals surface area contributed by atoms with Gasteiger partial charge in [0.05, 0.1) is 0 Å². The highest BCUT2D eigenvalue weighted by molar-refractivity contribution is 9.09. The Morgan fingerprint density at radius 1 is 0.923 bits per heavy atom. The minimum atomic E-state index is -1.89. The third-order valence-corrected chi connectivity index (χ3v) is 7.68. The molecule has 0 radical (unpaired) electrons. The van der Waals surface area contributed by atoms with Crippen molar-refractivity contribution in [2.24, 2.45) is 0 Å². The molecular weight excluding hydrogens is 316 g/mol. The number of hydrogen-bond acceptors (Lipinski definition) is 2. The summed E-state index contributed by atoms with van der Waals surface area (Å²) in [7, 11) is -1.89. The molecule has 80 valence electrons. The van der Waals surface area contributed by atoms with Gasteiger partial charge in [-0.15, -0.1) is 0 Å². The molecule has 0 aliphatic heterocycles. The molecule has 0 aromatic heterocycles. The standard InChI is InChI=1S/C8H18Br2O2Si/c1-3-11-13(7-5-9,8-6-10)12-4-2/h3-8H2,1-2H3. The zero-order valence-corrected chi connectivity index (χ0v) is 12.5. The van der Waals surface area contributed by atoms with Gasteiger partial charge in [-0.25, -0.2) is 0 Å². The lowest BCUT2D eigenvalue weighted by Crippen LogP contribution is -2.43. The molecule has 0 aromatic carbocycles. The first-order valence-corrected chi connectivity index (χ1v) is 9.12. The topological polar surface area (TPSA) is 18.5 Å². The molecule has 0 heterocycles. The Balaban J connectivity index is 4.19. The van der Waals surface area contributed by atoms with E-state index < -0.39 is 8.56 Å². The van der Waals surface area contributed by atoms with Gasteiger partial charge in [-0.1, -0.05) is 31.9 Å². The molecule has 0 aliphatic carbocycles. The number of rotatable bonds is 8. The van der Waals surface area contributed by atoms with Gasteiger partial charge in [-0.3, -0.25) is 0 Å². The fourth-order valence-corrected chi connectivity index (χ4v) is 7.43. The summed E-state index contributed by atoms with van der Waals surface area (Å²) in [4.78, 5) is 0. The average Bonchev–Trinajstić information content (AvgIpc) is 2.06. The minimum absolute atomic E-state index is 0.756. The Morgan fingerprint density at radius 2 is 1.31 bits per heavy atom. The van der Waals surface area contributed by atoms with Gasteiger partial charge in [0.15, 0.2) is 0 Å². The molecular formula is C8H18Br2O2Si. The van der Waals surface area contributed by atoms with Gasteiger partial charge in [-0.05, 0) is 13.8 Å². The highest BCUT2D eigenvalue weighted by atomic mass is 79.9. The van der Waals surface area contributed by atoms with Crippen LogP contribution in [0.3, 0.4) is 0 Å². The maximum Gasteiger partial charge on any atom is 0.339 e. The quantitative estimate of drug-likeness (QED) is 0.501. The van der Waals surface area contributed by atoms with Crippen molar-refractivity contribution in [1.29, 1.82) is 0 Å². The van der Waals surface area contributed by atoms with Crippen molar-refractivity contribution in [3.63, 3.8) is 0 Å². The molecule has 0 saturated carbocycles. The van der Waals surface area contributed by atoms with Gasteiger partial charge in [0, 0.05) is 36.0 Å². The van der Waals surface area contributed by atoms with Crippen LogP contribution >= 0.6 is 31.9 Å². The molecule has 0 N–H and O–H groups in total. The van der Waals surface area contributed by atoms with Crippen molar-refractivity contribution in [3.05, 3.63) is 0 Å². The van der Waals surface area contributed by atoms with Crippen LogP contribution in [-0.4, -0.2) is 32.4 Å². The molecule has 13 heavy (non-hydrogen) atoms. The zero-order valence-electron chi connectivity index (χ0n) is 8.32. The van der Waals surface area contributed by atoms with E-state index in [0.717, 1.165) is 36.0 Å². The van der Waals surface area contributed by atoms with Crippen LogP contribution in [0.25, 0.3) is 0 Å². The van der Waals surface area contributed by atoms with Crippen LogP contribution < -0.4 is 0 Å². The van der Waals surface area contributed by atoms with Gasteiger partial charge < -0.3 is 8.85 Å². The predicted molar refractivity (Wildman–Crippen MR) is 66.2 cm³/mol. The molecule has 0 spiro atoms. The summed E-state index contributed by atoms with van der Waals surface area (Å²) in [5.41, 5.74) is 0. The van der Waals surface area contributed by atoms with Crippen molar-refractivity contribution in [3.8, 4) is 0 Å². The molecule has 0 saturated heterocycles. The van der Waals surface area contributed by atoms with Gasteiger partial charge in [0.25, 0.3) is 0 Å². The van der Waals surface area contributed by atoms with Crippen LogP contribution in [-0.2, 0) is 8.85 Å². The van der Waals surface area contributed by atoms with Crippen molar-refractivity contribution in [1.82, 2.24) is 0 Å². The van der Waals surface area contributed by atoms with E-state index in [0.29, 0.717) is 0 Å². The Morgan fingerprint density at radius 3 is 1.54 bits per heavy atom. The number of hydrogen-bond donors (Lipinski definition) is 0. The smallest absolute Gasteiger partial charge is 0.339 e. The lowest BCUT2D eigenvalue weighted by atomic mass is 10.9. The van der Waals surface area contributed by atoms with Gasteiger partial charge in [-0.2, -0.15) is 0 Å². The summed E-state index contributed by atoms with van der Waals surface area (Å²) >= 11 is 6.91. The van der Waals surface area contributed by atoms with E-state index in [1.165, 1.54) is 0 Å². The van der Waals surface area contributed by atoms with E-state index in [2.05, 4.69) is 31.9 Å². The molecule has 0 unspecified atom stereocenters. The molecule has 0 atom stereocenters. The van der Waals surface area contributed by atoms with Gasteiger partial charge >= 0.3 is 8.56 Å².